The highest BCUT2D eigenvalue weighted by Crippen LogP contribution is 2.27. The molecule has 1 unspecified atom stereocenters. The molecule has 1 aromatic carbocycles. The van der Waals surface area contributed by atoms with Gasteiger partial charge in [-0.15, -0.1) is 0 Å². The van der Waals surface area contributed by atoms with E-state index in [1.54, 1.807) is 12.3 Å². The van der Waals surface area contributed by atoms with Crippen molar-refractivity contribution >= 4 is 27.6 Å². The summed E-state index contributed by atoms with van der Waals surface area (Å²) in [4.78, 5) is 15.5. The maximum Gasteiger partial charge on any atom is 0.337 e. The van der Waals surface area contributed by atoms with Crippen LogP contribution in [0.4, 0.5) is 0 Å². The van der Waals surface area contributed by atoms with E-state index >= 15 is 0 Å². The number of halogens is 1. The van der Waals surface area contributed by atoms with Gasteiger partial charge in [-0.3, -0.25) is 4.98 Å². The fourth-order valence-electron chi connectivity index (χ4n) is 2.89. The third kappa shape index (κ3) is 4.40. The zero-order chi connectivity index (χ0) is 19.4. The lowest BCUT2D eigenvalue weighted by atomic mass is 10.1. The van der Waals surface area contributed by atoms with Gasteiger partial charge in [-0.2, -0.15) is 4.31 Å². The van der Waals surface area contributed by atoms with E-state index in [-0.39, 0.29) is 17.5 Å². The molecule has 1 fully saturated rings. The van der Waals surface area contributed by atoms with Crippen LogP contribution >= 0.6 is 11.6 Å². The second-order valence-corrected chi connectivity index (χ2v) is 8.41. The van der Waals surface area contributed by atoms with Crippen molar-refractivity contribution in [3.8, 4) is 5.75 Å². The SMILES string of the molecule is COC(=O)c1ccc(S(=O)(=O)N2CCCC(Oc3ccncc3Cl)C2)cc1. The fourth-order valence-corrected chi connectivity index (χ4v) is 4.56. The van der Waals surface area contributed by atoms with Gasteiger partial charge in [0.25, 0.3) is 0 Å². The molecule has 1 atom stereocenters. The fraction of sp³-hybridized carbons (Fsp3) is 0.333. The van der Waals surface area contributed by atoms with Crippen molar-refractivity contribution in [2.75, 3.05) is 20.2 Å². The number of hydrogen-bond donors (Lipinski definition) is 0. The molecule has 0 spiro atoms. The van der Waals surface area contributed by atoms with Crippen LogP contribution in [-0.4, -0.2) is 50.0 Å². The van der Waals surface area contributed by atoms with E-state index in [9.17, 15) is 13.2 Å². The molecule has 3 rings (SSSR count). The first-order chi connectivity index (χ1) is 12.9. The molecule has 0 amide bonds. The number of carbonyl (C=O) groups excluding carboxylic acids is 1. The topological polar surface area (TPSA) is 85.8 Å². The number of benzene rings is 1. The molecule has 1 aliphatic heterocycles. The highest BCUT2D eigenvalue weighted by Gasteiger charge is 2.31. The smallest absolute Gasteiger partial charge is 0.337 e. The van der Waals surface area contributed by atoms with E-state index in [4.69, 9.17) is 16.3 Å². The highest BCUT2D eigenvalue weighted by atomic mass is 35.5. The number of methoxy groups -OCH3 is 1. The number of nitrogens with zero attached hydrogens (tertiary/aromatic N) is 2. The number of aromatic nitrogens is 1. The minimum atomic E-state index is -3.69. The normalized spacial score (nSPS) is 18.1. The Morgan fingerprint density at radius 2 is 2.00 bits per heavy atom. The molecule has 7 nitrogen and oxygen atoms in total. The quantitative estimate of drug-likeness (QED) is 0.704. The largest absolute Gasteiger partial charge is 0.487 e. The molecule has 2 aromatic rings. The van der Waals surface area contributed by atoms with Crippen LogP contribution in [-0.2, 0) is 14.8 Å². The molecule has 0 bridgehead atoms. The Balaban J connectivity index is 1.74. The van der Waals surface area contributed by atoms with Crippen molar-refractivity contribution in [1.82, 2.24) is 9.29 Å². The molecule has 2 heterocycles. The first-order valence-electron chi connectivity index (χ1n) is 8.36. The number of carbonyl (C=O) groups is 1. The Morgan fingerprint density at radius 1 is 1.26 bits per heavy atom. The first-order valence-corrected chi connectivity index (χ1v) is 10.2. The summed E-state index contributed by atoms with van der Waals surface area (Å²) in [5.41, 5.74) is 0.295. The van der Waals surface area contributed by atoms with E-state index in [0.717, 1.165) is 6.42 Å². The van der Waals surface area contributed by atoms with Crippen LogP contribution in [0.3, 0.4) is 0 Å². The number of ether oxygens (including phenoxy) is 2. The van der Waals surface area contributed by atoms with Gasteiger partial charge in [0.05, 0.1) is 24.1 Å². The van der Waals surface area contributed by atoms with E-state index in [1.807, 2.05) is 0 Å². The lowest BCUT2D eigenvalue weighted by molar-refractivity contribution is 0.0600. The van der Waals surface area contributed by atoms with Crippen LogP contribution in [0.25, 0.3) is 0 Å². The van der Waals surface area contributed by atoms with Crippen molar-refractivity contribution < 1.29 is 22.7 Å². The molecule has 0 aliphatic carbocycles. The zero-order valence-electron chi connectivity index (χ0n) is 14.7. The first kappa shape index (κ1) is 19.6. The van der Waals surface area contributed by atoms with Crippen LogP contribution in [0, 0.1) is 0 Å². The number of hydrogen-bond acceptors (Lipinski definition) is 6. The van der Waals surface area contributed by atoms with Gasteiger partial charge >= 0.3 is 5.97 Å². The van der Waals surface area contributed by atoms with Gasteiger partial charge in [-0.25, -0.2) is 13.2 Å². The molecule has 0 N–H and O–H groups in total. The Kier molecular flexibility index (Phi) is 5.98. The number of piperidine rings is 1. The summed E-state index contributed by atoms with van der Waals surface area (Å²) in [5.74, 6) is -0.0297. The Morgan fingerprint density at radius 3 is 2.67 bits per heavy atom. The molecule has 0 saturated carbocycles. The highest BCUT2D eigenvalue weighted by molar-refractivity contribution is 7.89. The summed E-state index contributed by atoms with van der Waals surface area (Å²) in [6.07, 6.45) is 4.15. The van der Waals surface area contributed by atoms with E-state index < -0.39 is 16.0 Å². The maximum atomic E-state index is 12.9. The summed E-state index contributed by atoms with van der Waals surface area (Å²) in [6, 6.07) is 7.35. The van der Waals surface area contributed by atoms with Crippen LogP contribution in [0.2, 0.25) is 5.02 Å². The molecular weight excluding hydrogens is 392 g/mol. The molecule has 9 heteroatoms. The van der Waals surface area contributed by atoms with E-state index in [2.05, 4.69) is 9.72 Å². The van der Waals surface area contributed by atoms with E-state index in [0.29, 0.717) is 29.3 Å². The molecule has 1 aliphatic rings. The van der Waals surface area contributed by atoms with Gasteiger partial charge < -0.3 is 9.47 Å². The number of rotatable bonds is 5. The average molecular weight is 411 g/mol. The lowest BCUT2D eigenvalue weighted by Gasteiger charge is -2.32. The number of esters is 1. The maximum absolute atomic E-state index is 12.9. The van der Waals surface area contributed by atoms with Crippen molar-refractivity contribution in [1.29, 1.82) is 0 Å². The molecule has 0 radical (unpaired) electrons. The van der Waals surface area contributed by atoms with Gasteiger partial charge in [-0.05, 0) is 37.1 Å². The average Bonchev–Trinajstić information content (AvgIpc) is 2.69. The third-order valence-electron chi connectivity index (χ3n) is 4.28. The predicted octanol–water partition coefficient (Wildman–Crippen LogP) is 2.75. The van der Waals surface area contributed by atoms with Crippen LogP contribution < -0.4 is 4.74 Å². The summed E-state index contributed by atoms with van der Waals surface area (Å²) in [6.45, 7) is 0.630. The summed E-state index contributed by atoms with van der Waals surface area (Å²) in [5, 5.41) is 0.385. The standard InChI is InChI=1S/C18H19ClN2O5S/c1-25-18(22)13-4-6-15(7-5-13)27(23,24)21-10-2-3-14(12-21)26-17-8-9-20-11-16(17)19/h4-9,11,14H,2-3,10,12H2,1H3. The number of sulfonamides is 1. The number of pyridine rings is 1. The van der Waals surface area contributed by atoms with Crippen LogP contribution in [0.15, 0.2) is 47.6 Å². The van der Waals surface area contributed by atoms with Crippen molar-refractivity contribution in [2.24, 2.45) is 0 Å². The molecule has 144 valence electrons. The van der Waals surface area contributed by atoms with Crippen molar-refractivity contribution in [3.63, 3.8) is 0 Å². The van der Waals surface area contributed by atoms with Crippen LogP contribution in [0.5, 0.6) is 5.75 Å². The minimum absolute atomic E-state index is 0.123. The third-order valence-corrected chi connectivity index (χ3v) is 6.45. The molecule has 27 heavy (non-hydrogen) atoms. The minimum Gasteiger partial charge on any atom is -0.487 e. The molecule has 1 aromatic heterocycles. The monoisotopic (exact) mass is 410 g/mol. The Hall–Kier alpha value is -2.16. The van der Waals surface area contributed by atoms with Gasteiger partial charge in [-0.1, -0.05) is 11.6 Å². The summed E-state index contributed by atoms with van der Waals surface area (Å²) >= 11 is 6.06. The van der Waals surface area contributed by atoms with Gasteiger partial charge in [0.1, 0.15) is 16.9 Å². The molecular formula is C18H19ClN2O5S. The molecule has 1 saturated heterocycles. The van der Waals surface area contributed by atoms with Gasteiger partial charge in [0.2, 0.25) is 10.0 Å². The van der Waals surface area contributed by atoms with Crippen molar-refractivity contribution in [2.45, 2.75) is 23.8 Å². The van der Waals surface area contributed by atoms with Crippen LogP contribution in [0.1, 0.15) is 23.2 Å². The van der Waals surface area contributed by atoms with E-state index in [1.165, 1.54) is 41.9 Å². The Bertz CT molecular complexity index is 918. The Labute approximate surface area is 162 Å². The predicted molar refractivity (Wildman–Crippen MR) is 99.4 cm³/mol. The second kappa shape index (κ2) is 8.24. The second-order valence-electron chi connectivity index (χ2n) is 6.07. The van der Waals surface area contributed by atoms with Gasteiger partial charge in [0.15, 0.2) is 0 Å². The van der Waals surface area contributed by atoms with Gasteiger partial charge in [0, 0.05) is 25.0 Å². The van der Waals surface area contributed by atoms with Crippen molar-refractivity contribution in [3.05, 3.63) is 53.3 Å². The lowest BCUT2D eigenvalue weighted by Crippen LogP contribution is -2.44. The summed E-state index contributed by atoms with van der Waals surface area (Å²) < 4.78 is 37.7. The summed E-state index contributed by atoms with van der Waals surface area (Å²) in [7, 11) is -2.42. The zero-order valence-corrected chi connectivity index (χ0v) is 16.2.